The van der Waals surface area contributed by atoms with Crippen molar-refractivity contribution in [2.75, 3.05) is 18.5 Å². The number of allylic oxidation sites excluding steroid dienone is 2. The maximum atomic E-state index is 13.9. The molecule has 138 valence electrons. The summed E-state index contributed by atoms with van der Waals surface area (Å²) in [6.45, 7) is 2.67. The zero-order valence-electron chi connectivity index (χ0n) is 13.2. The van der Waals surface area contributed by atoms with Crippen LogP contribution in [0.25, 0.3) is 0 Å². The van der Waals surface area contributed by atoms with E-state index in [1.807, 2.05) is 0 Å². The van der Waals surface area contributed by atoms with Crippen molar-refractivity contribution in [2.45, 2.75) is 19.2 Å². The molecule has 0 aliphatic carbocycles. The normalized spacial score (nSPS) is 13.2. The second kappa shape index (κ2) is 9.18. The Kier molecular flexibility index (Phi) is 8.14. The molecule has 0 spiro atoms. The third-order valence-corrected chi connectivity index (χ3v) is 5.78. The molecule has 1 N–H and O–H groups in total. The molecule has 1 aromatic carbocycles. The number of nitrogens with one attached hydrogen (secondary N) is 1. The summed E-state index contributed by atoms with van der Waals surface area (Å²) in [4.78, 5) is 0. The van der Waals surface area contributed by atoms with Crippen LogP contribution in [0.3, 0.4) is 0 Å². The summed E-state index contributed by atoms with van der Waals surface area (Å²) >= 11 is 16.9. The number of hydrogen-bond acceptors (Lipinski definition) is 5. The third-order valence-electron chi connectivity index (χ3n) is 2.71. The Labute approximate surface area is 159 Å². The fourth-order valence-electron chi connectivity index (χ4n) is 1.76. The van der Waals surface area contributed by atoms with E-state index in [-0.39, 0.29) is 28.9 Å². The standard InChI is InChI=1S/C14H14Cl3F2N2O3P/c1-3-23-25(22,24-4-2)11(8-20)13(14(17,18)19)21-10-7-5-6-9(15)12(10)16/h5-7,21H,3-4H2,1-2H3/b13-11-. The Bertz CT molecular complexity index is 738. The number of rotatable bonds is 8. The number of nitrogens with zero attached hydrogens (tertiary/aromatic N) is 1. The van der Waals surface area contributed by atoms with Gasteiger partial charge in [0.1, 0.15) is 11.8 Å². The number of nitriles is 1. The SMILES string of the molecule is CCOP(=O)(OCC)/C(C#N)=C(\Nc1cccc(Cl)c1Cl)C(F)(F)Cl. The average molecular weight is 434 g/mol. The van der Waals surface area contributed by atoms with Crippen molar-refractivity contribution < 1.29 is 22.4 Å². The first kappa shape index (κ1) is 22.2. The Balaban J connectivity index is 3.59. The Morgan fingerprint density at radius 3 is 2.32 bits per heavy atom. The van der Waals surface area contributed by atoms with Gasteiger partial charge in [0.25, 0.3) is 0 Å². The molecule has 1 rings (SSSR count). The highest BCUT2D eigenvalue weighted by Crippen LogP contribution is 2.58. The summed E-state index contributed by atoms with van der Waals surface area (Å²) in [6.07, 6.45) is 0. The van der Waals surface area contributed by atoms with E-state index in [0.29, 0.717) is 0 Å². The molecule has 0 unspecified atom stereocenters. The molecule has 0 amide bonds. The first-order chi connectivity index (χ1) is 11.6. The van der Waals surface area contributed by atoms with Crippen molar-refractivity contribution in [1.29, 1.82) is 5.26 Å². The molecule has 0 bridgehead atoms. The van der Waals surface area contributed by atoms with Crippen LogP contribution in [-0.2, 0) is 13.6 Å². The fourth-order valence-corrected chi connectivity index (χ4v) is 3.92. The maximum absolute atomic E-state index is 13.9. The minimum Gasteiger partial charge on any atom is -0.350 e. The fraction of sp³-hybridized carbons (Fsp3) is 0.357. The lowest BCUT2D eigenvalue weighted by Gasteiger charge is -2.22. The second-order valence-electron chi connectivity index (χ2n) is 4.39. The van der Waals surface area contributed by atoms with Crippen molar-refractivity contribution in [3.05, 3.63) is 39.3 Å². The molecule has 25 heavy (non-hydrogen) atoms. The second-order valence-corrected chi connectivity index (χ2v) is 7.61. The van der Waals surface area contributed by atoms with E-state index in [2.05, 4.69) is 5.32 Å². The highest BCUT2D eigenvalue weighted by atomic mass is 35.5. The van der Waals surface area contributed by atoms with Gasteiger partial charge in [-0.05, 0) is 37.6 Å². The quantitative estimate of drug-likeness (QED) is 0.298. The van der Waals surface area contributed by atoms with E-state index in [1.165, 1.54) is 38.1 Å². The van der Waals surface area contributed by atoms with Crippen molar-refractivity contribution in [1.82, 2.24) is 0 Å². The molecule has 0 atom stereocenters. The summed E-state index contributed by atoms with van der Waals surface area (Å²) in [5, 5.41) is 6.52. The monoisotopic (exact) mass is 432 g/mol. The third kappa shape index (κ3) is 5.55. The van der Waals surface area contributed by atoms with Crippen LogP contribution in [0.4, 0.5) is 14.5 Å². The van der Waals surface area contributed by atoms with E-state index in [0.717, 1.165) is 0 Å². The lowest BCUT2D eigenvalue weighted by Crippen LogP contribution is -2.21. The van der Waals surface area contributed by atoms with Gasteiger partial charge < -0.3 is 14.4 Å². The van der Waals surface area contributed by atoms with E-state index in [4.69, 9.17) is 43.9 Å². The highest BCUT2D eigenvalue weighted by molar-refractivity contribution is 7.59. The van der Waals surface area contributed by atoms with Gasteiger partial charge in [-0.25, -0.2) is 0 Å². The Morgan fingerprint density at radius 1 is 1.32 bits per heavy atom. The molecule has 0 heterocycles. The highest BCUT2D eigenvalue weighted by Gasteiger charge is 2.43. The zero-order valence-corrected chi connectivity index (χ0v) is 16.3. The molecule has 0 aliphatic rings. The average Bonchev–Trinajstić information content (AvgIpc) is 2.50. The van der Waals surface area contributed by atoms with Crippen molar-refractivity contribution in [3.8, 4) is 6.07 Å². The molecule has 5 nitrogen and oxygen atoms in total. The summed E-state index contributed by atoms with van der Waals surface area (Å²) in [5.74, 6) is 0. The lowest BCUT2D eigenvalue weighted by molar-refractivity contribution is 0.138. The molecule has 0 fully saturated rings. The molecule has 0 saturated heterocycles. The topological polar surface area (TPSA) is 71.3 Å². The number of alkyl halides is 3. The van der Waals surface area contributed by atoms with Gasteiger partial charge in [0.2, 0.25) is 0 Å². The molecule has 0 saturated carbocycles. The van der Waals surface area contributed by atoms with Crippen molar-refractivity contribution in [3.63, 3.8) is 0 Å². The maximum Gasteiger partial charge on any atom is 0.373 e. The molecular weight excluding hydrogens is 419 g/mol. The van der Waals surface area contributed by atoms with E-state index in [9.17, 15) is 18.6 Å². The van der Waals surface area contributed by atoms with Gasteiger partial charge in [-0.1, -0.05) is 29.3 Å². The minimum absolute atomic E-state index is 0.0585. The van der Waals surface area contributed by atoms with Crippen LogP contribution in [0.5, 0.6) is 0 Å². The van der Waals surface area contributed by atoms with Crippen LogP contribution in [0.2, 0.25) is 10.0 Å². The van der Waals surface area contributed by atoms with Crippen LogP contribution in [0.1, 0.15) is 13.8 Å². The van der Waals surface area contributed by atoms with E-state index in [1.54, 1.807) is 0 Å². The molecule has 0 aromatic heterocycles. The van der Waals surface area contributed by atoms with Gasteiger partial charge >= 0.3 is 13.0 Å². The number of halogens is 5. The molecule has 0 aliphatic heterocycles. The molecule has 0 radical (unpaired) electrons. The smallest absolute Gasteiger partial charge is 0.350 e. The van der Waals surface area contributed by atoms with Gasteiger partial charge in [0.05, 0.1) is 28.9 Å². The van der Waals surface area contributed by atoms with Crippen LogP contribution < -0.4 is 5.32 Å². The van der Waals surface area contributed by atoms with Gasteiger partial charge in [0.15, 0.2) is 5.31 Å². The Hall–Kier alpha value is -0.870. The van der Waals surface area contributed by atoms with Gasteiger partial charge in [-0.2, -0.15) is 14.0 Å². The van der Waals surface area contributed by atoms with Crippen LogP contribution >= 0.6 is 42.4 Å². The number of hydrogen-bond donors (Lipinski definition) is 1. The zero-order chi connectivity index (χ0) is 19.3. The minimum atomic E-state index is -4.33. The number of benzene rings is 1. The van der Waals surface area contributed by atoms with Crippen LogP contribution in [0.15, 0.2) is 29.2 Å². The predicted octanol–water partition coefficient (Wildman–Crippen LogP) is 6.24. The summed E-state index contributed by atoms with van der Waals surface area (Å²) in [6, 6.07) is 5.65. The molecule has 11 heteroatoms. The van der Waals surface area contributed by atoms with Crippen LogP contribution in [-0.4, -0.2) is 18.6 Å². The van der Waals surface area contributed by atoms with E-state index >= 15 is 0 Å². The first-order valence-corrected chi connectivity index (χ1v) is 9.60. The largest absolute Gasteiger partial charge is 0.373 e. The predicted molar refractivity (Wildman–Crippen MR) is 94.4 cm³/mol. The first-order valence-electron chi connectivity index (χ1n) is 6.93. The van der Waals surface area contributed by atoms with Gasteiger partial charge in [-0.3, -0.25) is 4.57 Å². The number of anilines is 1. The molecular formula is C14H14Cl3F2N2O3P. The summed E-state index contributed by atoms with van der Waals surface area (Å²) < 4.78 is 50.5. The summed E-state index contributed by atoms with van der Waals surface area (Å²) in [5.41, 5.74) is -1.22. The van der Waals surface area contributed by atoms with Gasteiger partial charge in [-0.15, -0.1) is 0 Å². The Morgan fingerprint density at radius 2 is 1.88 bits per heavy atom. The lowest BCUT2D eigenvalue weighted by atomic mass is 10.3. The summed E-state index contributed by atoms with van der Waals surface area (Å²) in [7, 11) is -4.33. The van der Waals surface area contributed by atoms with E-state index < -0.39 is 24.0 Å². The van der Waals surface area contributed by atoms with Crippen molar-refractivity contribution >= 4 is 48.1 Å². The van der Waals surface area contributed by atoms with Gasteiger partial charge in [0, 0.05) is 0 Å². The molecule has 1 aromatic rings. The van der Waals surface area contributed by atoms with Crippen LogP contribution in [0, 0.1) is 11.3 Å². The van der Waals surface area contributed by atoms with Crippen molar-refractivity contribution in [2.24, 2.45) is 0 Å².